The van der Waals surface area contributed by atoms with E-state index in [-0.39, 0.29) is 24.0 Å². The number of aliphatic imine (C=N–C) groups is 1. The molecular weight excluding hydrogens is 503 g/mol. The molecule has 0 unspecified atom stereocenters. The fourth-order valence-corrected chi connectivity index (χ4v) is 3.68. The molecule has 1 aromatic heterocycles. The van der Waals surface area contributed by atoms with Crippen LogP contribution in [-0.4, -0.2) is 71.4 Å². The Morgan fingerprint density at radius 2 is 1.94 bits per heavy atom. The van der Waals surface area contributed by atoms with Gasteiger partial charge in [0.15, 0.2) is 5.96 Å². The number of piperazine rings is 1. The minimum Gasteiger partial charge on any atom is -0.369 e. The van der Waals surface area contributed by atoms with Crippen LogP contribution in [0.25, 0.3) is 0 Å². The number of nitrogens with one attached hydrogen (secondary N) is 2. The summed E-state index contributed by atoms with van der Waals surface area (Å²) in [6.07, 6.45) is 3.89. The van der Waals surface area contributed by atoms with Gasteiger partial charge in [-0.3, -0.25) is 9.58 Å². The van der Waals surface area contributed by atoms with Crippen LogP contribution in [0.3, 0.4) is 0 Å². The topological polar surface area (TPSA) is 73.6 Å². The third-order valence-corrected chi connectivity index (χ3v) is 5.46. The number of guanidine groups is 1. The van der Waals surface area contributed by atoms with Gasteiger partial charge in [-0.2, -0.15) is 5.10 Å². The number of benzene rings is 1. The fourth-order valence-electron chi connectivity index (χ4n) is 3.68. The van der Waals surface area contributed by atoms with Crippen LogP contribution in [-0.2, 0) is 13.6 Å². The van der Waals surface area contributed by atoms with E-state index in [1.54, 1.807) is 11.0 Å². The van der Waals surface area contributed by atoms with Crippen LogP contribution in [0.5, 0.6) is 0 Å². The third-order valence-electron chi connectivity index (χ3n) is 5.46. The Hall–Kier alpha value is -1.88. The SMILES string of the molecule is CCNC(=NCc1ncnn1C)NCCCCN1CCN(c2cccc(C)c2)CC1.I. The van der Waals surface area contributed by atoms with Crippen LogP contribution >= 0.6 is 24.0 Å². The molecule has 1 aromatic carbocycles. The molecule has 0 spiro atoms. The maximum Gasteiger partial charge on any atom is 0.191 e. The standard InChI is InChI=1S/C22H36N8.HI/c1-4-23-22(25-17-21-26-18-27-28(21)3)24-10-5-6-11-29-12-14-30(15-13-29)20-9-7-8-19(2)16-20;/h7-9,16,18H,4-6,10-15,17H2,1-3H3,(H2,23,24,25);1H. The van der Waals surface area contributed by atoms with Gasteiger partial charge in [0.25, 0.3) is 0 Å². The van der Waals surface area contributed by atoms with Gasteiger partial charge in [0.2, 0.25) is 0 Å². The zero-order chi connectivity index (χ0) is 21.2. The third kappa shape index (κ3) is 8.29. The van der Waals surface area contributed by atoms with Gasteiger partial charge in [-0.1, -0.05) is 12.1 Å². The van der Waals surface area contributed by atoms with Crippen molar-refractivity contribution in [2.45, 2.75) is 33.2 Å². The first-order valence-electron chi connectivity index (χ1n) is 11.0. The lowest BCUT2D eigenvalue weighted by Gasteiger charge is -2.36. The Labute approximate surface area is 203 Å². The average Bonchev–Trinajstić information content (AvgIpc) is 3.17. The van der Waals surface area contributed by atoms with Crippen molar-refractivity contribution < 1.29 is 0 Å². The zero-order valence-electron chi connectivity index (χ0n) is 19.0. The largest absolute Gasteiger partial charge is 0.369 e. The Bertz CT molecular complexity index is 798. The molecule has 172 valence electrons. The first-order chi connectivity index (χ1) is 14.7. The number of aryl methyl sites for hydroxylation is 2. The van der Waals surface area contributed by atoms with Crippen LogP contribution < -0.4 is 15.5 Å². The number of rotatable bonds is 9. The molecule has 1 aliphatic rings. The number of unbranched alkanes of at least 4 members (excludes halogenated alkanes) is 1. The van der Waals surface area contributed by atoms with Crippen molar-refractivity contribution in [1.82, 2.24) is 30.3 Å². The Kier molecular flexibility index (Phi) is 11.1. The van der Waals surface area contributed by atoms with E-state index in [1.807, 2.05) is 7.05 Å². The number of halogens is 1. The second-order valence-corrected chi connectivity index (χ2v) is 7.80. The first kappa shape index (κ1) is 25.4. The van der Waals surface area contributed by atoms with E-state index in [9.17, 15) is 0 Å². The van der Waals surface area contributed by atoms with Gasteiger partial charge in [0.05, 0.1) is 0 Å². The van der Waals surface area contributed by atoms with Crippen molar-refractivity contribution in [3.63, 3.8) is 0 Å². The quantitative estimate of drug-likeness (QED) is 0.220. The molecule has 2 aromatic rings. The van der Waals surface area contributed by atoms with Crippen molar-refractivity contribution in [3.05, 3.63) is 42.0 Å². The van der Waals surface area contributed by atoms with E-state index in [1.165, 1.54) is 17.7 Å². The highest BCUT2D eigenvalue weighted by Crippen LogP contribution is 2.17. The molecule has 31 heavy (non-hydrogen) atoms. The van der Waals surface area contributed by atoms with Crippen LogP contribution in [0.4, 0.5) is 5.69 Å². The molecular formula is C22H37IN8. The first-order valence-corrected chi connectivity index (χ1v) is 11.0. The molecule has 1 fully saturated rings. The maximum absolute atomic E-state index is 4.60. The van der Waals surface area contributed by atoms with E-state index in [2.05, 4.69) is 73.6 Å². The van der Waals surface area contributed by atoms with Crippen molar-refractivity contribution >= 4 is 35.6 Å². The van der Waals surface area contributed by atoms with Crippen molar-refractivity contribution in [1.29, 1.82) is 0 Å². The number of anilines is 1. The summed E-state index contributed by atoms with van der Waals surface area (Å²) in [6.45, 7) is 12.2. The lowest BCUT2D eigenvalue weighted by molar-refractivity contribution is 0.253. The molecule has 2 heterocycles. The molecule has 0 radical (unpaired) electrons. The van der Waals surface area contributed by atoms with Crippen LogP contribution in [0.1, 0.15) is 31.2 Å². The Balaban J connectivity index is 0.00000341. The number of aromatic nitrogens is 3. The van der Waals surface area contributed by atoms with Crippen molar-refractivity contribution in [2.24, 2.45) is 12.0 Å². The molecule has 9 heteroatoms. The number of hydrogen-bond donors (Lipinski definition) is 2. The summed E-state index contributed by atoms with van der Waals surface area (Å²) >= 11 is 0. The van der Waals surface area contributed by atoms with Gasteiger partial charge in [-0.15, -0.1) is 24.0 Å². The monoisotopic (exact) mass is 540 g/mol. The number of nitrogens with zero attached hydrogens (tertiary/aromatic N) is 6. The summed E-state index contributed by atoms with van der Waals surface area (Å²) in [5.41, 5.74) is 2.69. The molecule has 0 aliphatic carbocycles. The highest BCUT2D eigenvalue weighted by molar-refractivity contribution is 14.0. The summed E-state index contributed by atoms with van der Waals surface area (Å²) in [6, 6.07) is 8.83. The average molecular weight is 540 g/mol. The minimum absolute atomic E-state index is 0. The molecule has 0 atom stereocenters. The molecule has 1 aliphatic heterocycles. The molecule has 0 bridgehead atoms. The number of hydrogen-bond acceptors (Lipinski definition) is 5. The summed E-state index contributed by atoms with van der Waals surface area (Å²) in [7, 11) is 1.89. The molecule has 3 rings (SSSR count). The van der Waals surface area contributed by atoms with E-state index in [0.29, 0.717) is 6.54 Å². The van der Waals surface area contributed by atoms with E-state index < -0.39 is 0 Å². The van der Waals surface area contributed by atoms with E-state index in [0.717, 1.165) is 64.0 Å². The van der Waals surface area contributed by atoms with E-state index >= 15 is 0 Å². The Morgan fingerprint density at radius 1 is 1.13 bits per heavy atom. The molecule has 1 saturated heterocycles. The fraction of sp³-hybridized carbons (Fsp3) is 0.591. The van der Waals surface area contributed by atoms with Gasteiger partial charge in [0.1, 0.15) is 18.7 Å². The maximum atomic E-state index is 4.60. The van der Waals surface area contributed by atoms with Gasteiger partial charge in [-0.25, -0.2) is 9.98 Å². The molecule has 8 nitrogen and oxygen atoms in total. The predicted molar refractivity (Wildman–Crippen MR) is 138 cm³/mol. The van der Waals surface area contributed by atoms with E-state index in [4.69, 9.17) is 0 Å². The smallest absolute Gasteiger partial charge is 0.191 e. The van der Waals surface area contributed by atoms with Gasteiger partial charge >= 0.3 is 0 Å². The highest BCUT2D eigenvalue weighted by Gasteiger charge is 2.16. The predicted octanol–water partition coefficient (Wildman–Crippen LogP) is 2.40. The van der Waals surface area contributed by atoms with Gasteiger partial charge < -0.3 is 15.5 Å². The van der Waals surface area contributed by atoms with Gasteiger partial charge in [-0.05, 0) is 50.9 Å². The summed E-state index contributed by atoms with van der Waals surface area (Å²) in [5.74, 6) is 1.70. The second-order valence-electron chi connectivity index (χ2n) is 7.80. The summed E-state index contributed by atoms with van der Waals surface area (Å²) < 4.78 is 1.76. The molecule has 0 amide bonds. The van der Waals surface area contributed by atoms with Crippen LogP contribution in [0.2, 0.25) is 0 Å². The Morgan fingerprint density at radius 3 is 2.61 bits per heavy atom. The normalized spacial score (nSPS) is 14.9. The highest BCUT2D eigenvalue weighted by atomic mass is 127. The molecule has 2 N–H and O–H groups in total. The summed E-state index contributed by atoms with van der Waals surface area (Å²) in [4.78, 5) is 13.9. The van der Waals surface area contributed by atoms with Crippen LogP contribution in [0, 0.1) is 6.92 Å². The van der Waals surface area contributed by atoms with Crippen LogP contribution in [0.15, 0.2) is 35.6 Å². The summed E-state index contributed by atoms with van der Waals surface area (Å²) in [5, 5.41) is 10.8. The molecule has 0 saturated carbocycles. The van der Waals surface area contributed by atoms with Crippen molar-refractivity contribution in [3.8, 4) is 0 Å². The zero-order valence-corrected chi connectivity index (χ0v) is 21.4. The van der Waals surface area contributed by atoms with Gasteiger partial charge in [0, 0.05) is 52.0 Å². The second kappa shape index (κ2) is 13.5. The lowest BCUT2D eigenvalue weighted by atomic mass is 10.2. The minimum atomic E-state index is 0. The van der Waals surface area contributed by atoms with Crippen molar-refractivity contribution in [2.75, 3.05) is 50.7 Å². The lowest BCUT2D eigenvalue weighted by Crippen LogP contribution is -2.46.